The summed E-state index contributed by atoms with van der Waals surface area (Å²) in [5.74, 6) is -0.662. The normalized spacial score (nSPS) is 24.1. The zero-order chi connectivity index (χ0) is 20.1. The SMILES string of the molecule is COc1cccc(N2CCN(CC(=O)NC3CCCC(C(F)(F)F)C3)CC2)c1. The second-order valence-corrected chi connectivity index (χ2v) is 7.63. The van der Waals surface area contributed by atoms with E-state index in [2.05, 4.69) is 15.1 Å². The molecule has 2 fully saturated rings. The Balaban J connectivity index is 1.43. The van der Waals surface area contributed by atoms with E-state index in [1.807, 2.05) is 24.3 Å². The molecule has 2 aliphatic rings. The van der Waals surface area contributed by atoms with Crippen molar-refractivity contribution in [1.29, 1.82) is 0 Å². The number of piperazine rings is 1. The van der Waals surface area contributed by atoms with Crippen molar-refractivity contribution < 1.29 is 22.7 Å². The lowest BCUT2D eigenvalue weighted by atomic mass is 9.85. The third-order valence-corrected chi connectivity index (χ3v) is 5.66. The van der Waals surface area contributed by atoms with E-state index in [-0.39, 0.29) is 31.3 Å². The van der Waals surface area contributed by atoms with Gasteiger partial charge in [-0.1, -0.05) is 12.5 Å². The van der Waals surface area contributed by atoms with Crippen molar-refractivity contribution >= 4 is 11.6 Å². The van der Waals surface area contributed by atoms with Gasteiger partial charge in [0.1, 0.15) is 5.75 Å². The number of methoxy groups -OCH3 is 1. The minimum Gasteiger partial charge on any atom is -0.497 e. The van der Waals surface area contributed by atoms with Gasteiger partial charge in [-0.15, -0.1) is 0 Å². The molecule has 1 N–H and O–H groups in total. The Hall–Kier alpha value is -1.96. The number of carbonyl (C=O) groups excluding carboxylic acids is 1. The summed E-state index contributed by atoms with van der Waals surface area (Å²) in [4.78, 5) is 16.6. The van der Waals surface area contributed by atoms with Crippen LogP contribution in [0.1, 0.15) is 25.7 Å². The van der Waals surface area contributed by atoms with Crippen LogP contribution in [0.15, 0.2) is 24.3 Å². The second-order valence-electron chi connectivity index (χ2n) is 7.63. The maximum atomic E-state index is 12.9. The van der Waals surface area contributed by atoms with Gasteiger partial charge in [0.25, 0.3) is 0 Å². The van der Waals surface area contributed by atoms with E-state index >= 15 is 0 Å². The van der Waals surface area contributed by atoms with Gasteiger partial charge in [-0.2, -0.15) is 13.2 Å². The number of nitrogens with one attached hydrogen (secondary N) is 1. The smallest absolute Gasteiger partial charge is 0.391 e. The largest absolute Gasteiger partial charge is 0.497 e. The third-order valence-electron chi connectivity index (χ3n) is 5.66. The first-order valence-corrected chi connectivity index (χ1v) is 9.82. The van der Waals surface area contributed by atoms with E-state index in [9.17, 15) is 18.0 Å². The number of anilines is 1. The van der Waals surface area contributed by atoms with Crippen LogP contribution < -0.4 is 15.0 Å². The van der Waals surface area contributed by atoms with E-state index in [0.29, 0.717) is 12.8 Å². The number of amides is 1. The minimum atomic E-state index is -4.17. The maximum absolute atomic E-state index is 12.9. The highest BCUT2D eigenvalue weighted by Gasteiger charge is 2.42. The molecule has 0 bridgehead atoms. The molecular weight excluding hydrogens is 371 g/mol. The molecule has 2 unspecified atom stereocenters. The van der Waals surface area contributed by atoms with Gasteiger partial charge < -0.3 is 15.0 Å². The maximum Gasteiger partial charge on any atom is 0.391 e. The van der Waals surface area contributed by atoms with Crippen LogP contribution in [0.4, 0.5) is 18.9 Å². The summed E-state index contributed by atoms with van der Waals surface area (Å²) < 4.78 is 44.0. The Bertz CT molecular complexity index is 660. The number of ether oxygens (including phenoxy) is 1. The van der Waals surface area contributed by atoms with Gasteiger partial charge in [-0.3, -0.25) is 9.69 Å². The molecule has 1 aromatic rings. The summed E-state index contributed by atoms with van der Waals surface area (Å²) in [7, 11) is 1.64. The predicted molar refractivity (Wildman–Crippen MR) is 102 cm³/mol. The van der Waals surface area contributed by atoms with E-state index in [4.69, 9.17) is 4.74 Å². The summed E-state index contributed by atoms with van der Waals surface area (Å²) in [5, 5.41) is 2.82. The number of benzene rings is 1. The number of carbonyl (C=O) groups is 1. The Labute approximate surface area is 163 Å². The third kappa shape index (κ3) is 5.53. The van der Waals surface area contributed by atoms with Crippen molar-refractivity contribution in [2.75, 3.05) is 44.7 Å². The molecule has 0 radical (unpaired) electrons. The van der Waals surface area contributed by atoms with Crippen molar-refractivity contribution in [2.24, 2.45) is 5.92 Å². The van der Waals surface area contributed by atoms with Crippen LogP contribution in [0.5, 0.6) is 5.75 Å². The molecule has 0 aromatic heterocycles. The van der Waals surface area contributed by atoms with Crippen LogP contribution >= 0.6 is 0 Å². The first-order chi connectivity index (χ1) is 13.3. The molecular formula is C20H28F3N3O2. The molecule has 2 atom stereocenters. The van der Waals surface area contributed by atoms with Gasteiger partial charge >= 0.3 is 6.18 Å². The highest BCUT2D eigenvalue weighted by Crippen LogP contribution is 2.37. The number of nitrogens with zero attached hydrogens (tertiary/aromatic N) is 2. The van der Waals surface area contributed by atoms with Crippen molar-refractivity contribution in [3.05, 3.63) is 24.3 Å². The first kappa shape index (κ1) is 20.8. The minimum absolute atomic E-state index is 0.00113. The molecule has 1 saturated carbocycles. The summed E-state index contributed by atoms with van der Waals surface area (Å²) in [6, 6.07) is 7.50. The number of hydrogen-bond acceptors (Lipinski definition) is 4. The average molecular weight is 399 g/mol. The molecule has 1 aromatic carbocycles. The highest BCUT2D eigenvalue weighted by molar-refractivity contribution is 5.78. The summed E-state index contributed by atoms with van der Waals surface area (Å²) >= 11 is 0. The summed E-state index contributed by atoms with van der Waals surface area (Å²) in [5.41, 5.74) is 1.09. The molecule has 5 nitrogen and oxygen atoms in total. The van der Waals surface area contributed by atoms with E-state index in [1.54, 1.807) is 7.11 Å². The Kier molecular flexibility index (Phi) is 6.69. The van der Waals surface area contributed by atoms with Gasteiger partial charge in [0.05, 0.1) is 19.6 Å². The number of halogens is 3. The monoisotopic (exact) mass is 399 g/mol. The standard InChI is InChI=1S/C20H28F3N3O2/c1-28-18-7-3-6-17(13-18)26-10-8-25(9-11-26)14-19(27)24-16-5-2-4-15(12-16)20(21,22)23/h3,6-7,13,15-16H,2,4-5,8-12,14H2,1H3,(H,24,27). The lowest BCUT2D eigenvalue weighted by Gasteiger charge is -2.36. The fourth-order valence-corrected chi connectivity index (χ4v) is 4.07. The van der Waals surface area contributed by atoms with Crippen molar-refractivity contribution in [2.45, 2.75) is 37.9 Å². The van der Waals surface area contributed by atoms with E-state index < -0.39 is 12.1 Å². The van der Waals surface area contributed by atoms with Gasteiger partial charge in [0.15, 0.2) is 0 Å². The number of alkyl halides is 3. The number of rotatable bonds is 5. The van der Waals surface area contributed by atoms with Crippen LogP contribution in [0.3, 0.4) is 0 Å². The number of hydrogen-bond donors (Lipinski definition) is 1. The quantitative estimate of drug-likeness (QED) is 0.827. The molecule has 1 amide bonds. The predicted octanol–water partition coefficient (Wildman–Crippen LogP) is 3.05. The van der Waals surface area contributed by atoms with Crippen LogP contribution in [0, 0.1) is 5.92 Å². The Morgan fingerprint density at radius 1 is 1.21 bits per heavy atom. The molecule has 1 aliphatic heterocycles. The fraction of sp³-hybridized carbons (Fsp3) is 0.650. The average Bonchev–Trinajstić information content (AvgIpc) is 2.68. The molecule has 3 rings (SSSR count). The molecule has 8 heteroatoms. The molecule has 28 heavy (non-hydrogen) atoms. The van der Waals surface area contributed by atoms with E-state index in [0.717, 1.165) is 37.6 Å². The van der Waals surface area contributed by atoms with Crippen molar-refractivity contribution in [3.8, 4) is 5.75 Å². The van der Waals surface area contributed by atoms with E-state index in [1.165, 1.54) is 0 Å². The summed E-state index contributed by atoms with van der Waals surface area (Å²) in [6.45, 7) is 3.29. The Morgan fingerprint density at radius 2 is 1.96 bits per heavy atom. The highest BCUT2D eigenvalue weighted by atomic mass is 19.4. The van der Waals surface area contributed by atoms with Crippen molar-refractivity contribution in [1.82, 2.24) is 10.2 Å². The van der Waals surface area contributed by atoms with Crippen LogP contribution in [-0.2, 0) is 4.79 Å². The molecule has 1 saturated heterocycles. The topological polar surface area (TPSA) is 44.8 Å². The first-order valence-electron chi connectivity index (χ1n) is 9.82. The van der Waals surface area contributed by atoms with Crippen LogP contribution in [0.25, 0.3) is 0 Å². The van der Waals surface area contributed by atoms with Gasteiger partial charge in [-0.05, 0) is 31.4 Å². The summed E-state index contributed by atoms with van der Waals surface area (Å²) in [6.07, 6.45) is -2.86. The zero-order valence-corrected chi connectivity index (χ0v) is 16.2. The zero-order valence-electron chi connectivity index (χ0n) is 16.2. The lowest BCUT2D eigenvalue weighted by Crippen LogP contribution is -2.51. The molecule has 1 aliphatic carbocycles. The van der Waals surface area contributed by atoms with Crippen LogP contribution in [-0.4, -0.2) is 62.9 Å². The van der Waals surface area contributed by atoms with Gasteiger partial charge in [-0.25, -0.2) is 0 Å². The Morgan fingerprint density at radius 3 is 2.64 bits per heavy atom. The molecule has 156 valence electrons. The molecule has 1 heterocycles. The van der Waals surface area contributed by atoms with Crippen LogP contribution in [0.2, 0.25) is 0 Å². The lowest BCUT2D eigenvalue weighted by molar-refractivity contribution is -0.184. The van der Waals surface area contributed by atoms with Gasteiger partial charge in [0.2, 0.25) is 5.91 Å². The molecule has 0 spiro atoms. The van der Waals surface area contributed by atoms with Crippen molar-refractivity contribution in [3.63, 3.8) is 0 Å². The second kappa shape index (κ2) is 9.03. The fourth-order valence-electron chi connectivity index (χ4n) is 4.07. The van der Waals surface area contributed by atoms with Gasteiger partial charge in [0, 0.05) is 44.0 Å².